The molecule has 96 valence electrons. The average Bonchev–Trinajstić information content (AvgIpc) is 2.25. The van der Waals surface area contributed by atoms with Gasteiger partial charge in [0.05, 0.1) is 5.60 Å². The largest absolute Gasteiger partial charge is 0.389 e. The summed E-state index contributed by atoms with van der Waals surface area (Å²) in [4.78, 5) is 2.08. The second kappa shape index (κ2) is 5.52. The van der Waals surface area contributed by atoms with E-state index in [1.807, 2.05) is 34.9 Å². The van der Waals surface area contributed by atoms with Crippen LogP contribution >= 0.6 is 0 Å². The molecule has 3 heteroatoms. The van der Waals surface area contributed by atoms with Gasteiger partial charge in [-0.2, -0.15) is 0 Å². The standard InChI is InChI=1S/C14H24N2O/c1-11(14(2,3)17)15-10-12-6-8-13(9-7-12)16(4)5/h6-9,11,15,17H,10H2,1-5H3. The minimum atomic E-state index is -0.691. The quantitative estimate of drug-likeness (QED) is 0.821. The topological polar surface area (TPSA) is 35.5 Å². The second-order valence-corrected chi connectivity index (χ2v) is 5.32. The van der Waals surface area contributed by atoms with Crippen molar-refractivity contribution in [3.8, 4) is 0 Å². The van der Waals surface area contributed by atoms with Crippen LogP contribution < -0.4 is 10.2 Å². The molecule has 2 N–H and O–H groups in total. The van der Waals surface area contributed by atoms with Crippen LogP contribution in [0.3, 0.4) is 0 Å². The number of nitrogens with zero attached hydrogens (tertiary/aromatic N) is 1. The molecule has 0 aliphatic rings. The summed E-state index contributed by atoms with van der Waals surface area (Å²) in [6.07, 6.45) is 0. The molecule has 0 saturated carbocycles. The Balaban J connectivity index is 2.53. The summed E-state index contributed by atoms with van der Waals surface area (Å²) >= 11 is 0. The van der Waals surface area contributed by atoms with Crippen molar-refractivity contribution in [1.29, 1.82) is 0 Å². The fourth-order valence-electron chi connectivity index (χ4n) is 1.43. The molecule has 1 atom stereocenters. The van der Waals surface area contributed by atoms with E-state index >= 15 is 0 Å². The summed E-state index contributed by atoms with van der Waals surface area (Å²) < 4.78 is 0. The Morgan fingerprint density at radius 3 is 2.18 bits per heavy atom. The van der Waals surface area contributed by atoms with E-state index in [0.717, 1.165) is 6.54 Å². The van der Waals surface area contributed by atoms with E-state index in [1.54, 1.807) is 0 Å². The van der Waals surface area contributed by atoms with Crippen molar-refractivity contribution in [2.75, 3.05) is 19.0 Å². The molecular formula is C14H24N2O. The number of anilines is 1. The number of nitrogens with one attached hydrogen (secondary N) is 1. The monoisotopic (exact) mass is 236 g/mol. The van der Waals surface area contributed by atoms with Crippen LogP contribution in [0.5, 0.6) is 0 Å². The van der Waals surface area contributed by atoms with E-state index in [-0.39, 0.29) is 6.04 Å². The van der Waals surface area contributed by atoms with Gasteiger partial charge in [-0.25, -0.2) is 0 Å². The third-order valence-electron chi connectivity index (χ3n) is 3.12. The Morgan fingerprint density at radius 2 is 1.76 bits per heavy atom. The molecule has 0 aliphatic heterocycles. The minimum Gasteiger partial charge on any atom is -0.389 e. The summed E-state index contributed by atoms with van der Waals surface area (Å²) in [7, 11) is 4.06. The number of hydrogen-bond donors (Lipinski definition) is 2. The van der Waals surface area contributed by atoms with Gasteiger partial charge in [0.1, 0.15) is 0 Å². The van der Waals surface area contributed by atoms with E-state index in [9.17, 15) is 5.11 Å². The van der Waals surface area contributed by atoms with Crippen molar-refractivity contribution in [3.05, 3.63) is 29.8 Å². The summed E-state index contributed by atoms with van der Waals surface area (Å²) in [5.41, 5.74) is 1.74. The maximum atomic E-state index is 9.81. The van der Waals surface area contributed by atoms with Crippen molar-refractivity contribution in [1.82, 2.24) is 5.32 Å². The number of rotatable bonds is 5. The molecule has 0 radical (unpaired) electrons. The van der Waals surface area contributed by atoms with E-state index < -0.39 is 5.60 Å². The third-order valence-corrected chi connectivity index (χ3v) is 3.12. The average molecular weight is 236 g/mol. The zero-order chi connectivity index (χ0) is 13.1. The van der Waals surface area contributed by atoms with E-state index in [0.29, 0.717) is 0 Å². The second-order valence-electron chi connectivity index (χ2n) is 5.32. The van der Waals surface area contributed by atoms with Crippen LogP contribution in [0.4, 0.5) is 5.69 Å². The first-order valence-electron chi connectivity index (χ1n) is 6.02. The normalized spacial score (nSPS) is 13.5. The van der Waals surface area contributed by atoms with Gasteiger partial charge in [0.2, 0.25) is 0 Å². The highest BCUT2D eigenvalue weighted by Crippen LogP contribution is 2.13. The molecular weight excluding hydrogens is 212 g/mol. The van der Waals surface area contributed by atoms with Gasteiger partial charge in [-0.15, -0.1) is 0 Å². The highest BCUT2D eigenvalue weighted by molar-refractivity contribution is 5.45. The maximum Gasteiger partial charge on any atom is 0.0741 e. The lowest BCUT2D eigenvalue weighted by molar-refractivity contribution is 0.0437. The SMILES string of the molecule is CC(NCc1ccc(N(C)C)cc1)C(C)(C)O. The van der Waals surface area contributed by atoms with Gasteiger partial charge < -0.3 is 15.3 Å². The molecule has 1 rings (SSSR count). The zero-order valence-corrected chi connectivity index (χ0v) is 11.5. The third kappa shape index (κ3) is 4.36. The van der Waals surface area contributed by atoms with Gasteiger partial charge in [0, 0.05) is 32.4 Å². The van der Waals surface area contributed by atoms with Crippen LogP contribution in [0.15, 0.2) is 24.3 Å². The van der Waals surface area contributed by atoms with Crippen LogP contribution in [0.1, 0.15) is 26.3 Å². The molecule has 0 spiro atoms. The van der Waals surface area contributed by atoms with Crippen LogP contribution in [0.2, 0.25) is 0 Å². The Bertz CT molecular complexity index is 338. The molecule has 17 heavy (non-hydrogen) atoms. The Hall–Kier alpha value is -1.06. The van der Waals surface area contributed by atoms with Crippen molar-refractivity contribution in [2.24, 2.45) is 0 Å². The minimum absolute atomic E-state index is 0.0658. The fourth-order valence-corrected chi connectivity index (χ4v) is 1.43. The van der Waals surface area contributed by atoms with Gasteiger partial charge in [-0.1, -0.05) is 12.1 Å². The first kappa shape index (κ1) is 14.0. The molecule has 1 aromatic rings. The first-order chi connectivity index (χ1) is 7.80. The molecule has 0 aliphatic carbocycles. The van der Waals surface area contributed by atoms with Crippen LogP contribution in [0, 0.1) is 0 Å². The number of aliphatic hydroxyl groups is 1. The molecule has 1 aromatic carbocycles. The summed E-state index contributed by atoms with van der Waals surface area (Å²) in [6.45, 7) is 6.41. The van der Waals surface area contributed by atoms with Crippen molar-refractivity contribution >= 4 is 5.69 Å². The van der Waals surface area contributed by atoms with Gasteiger partial charge in [0.15, 0.2) is 0 Å². The molecule has 1 unspecified atom stereocenters. The predicted octanol–water partition coefficient (Wildman–Crippen LogP) is 2.00. The molecule has 3 nitrogen and oxygen atoms in total. The number of benzene rings is 1. The summed E-state index contributed by atoms with van der Waals surface area (Å²) in [5, 5.41) is 13.1. The lowest BCUT2D eigenvalue weighted by atomic mass is 10.0. The van der Waals surface area contributed by atoms with E-state index in [4.69, 9.17) is 0 Å². The highest BCUT2D eigenvalue weighted by Gasteiger charge is 2.21. The molecule has 0 amide bonds. The first-order valence-corrected chi connectivity index (χ1v) is 6.02. The van der Waals surface area contributed by atoms with Crippen molar-refractivity contribution < 1.29 is 5.11 Å². The maximum absolute atomic E-state index is 9.81. The lowest BCUT2D eigenvalue weighted by Gasteiger charge is -2.27. The molecule has 0 aromatic heterocycles. The molecule has 0 saturated heterocycles. The summed E-state index contributed by atoms with van der Waals surface area (Å²) in [5.74, 6) is 0. The van der Waals surface area contributed by atoms with E-state index in [2.05, 4.69) is 34.5 Å². The summed E-state index contributed by atoms with van der Waals surface area (Å²) in [6, 6.07) is 8.49. The molecule has 0 heterocycles. The smallest absolute Gasteiger partial charge is 0.0741 e. The lowest BCUT2D eigenvalue weighted by Crippen LogP contribution is -2.44. The van der Waals surface area contributed by atoms with Crippen LogP contribution in [-0.2, 0) is 6.54 Å². The van der Waals surface area contributed by atoms with Crippen LogP contribution in [-0.4, -0.2) is 30.8 Å². The molecule has 0 fully saturated rings. The fraction of sp³-hybridized carbons (Fsp3) is 0.571. The van der Waals surface area contributed by atoms with Crippen LogP contribution in [0.25, 0.3) is 0 Å². The highest BCUT2D eigenvalue weighted by atomic mass is 16.3. The van der Waals surface area contributed by atoms with Gasteiger partial charge in [0.25, 0.3) is 0 Å². The molecule has 0 bridgehead atoms. The number of hydrogen-bond acceptors (Lipinski definition) is 3. The van der Waals surface area contributed by atoms with Crippen molar-refractivity contribution in [3.63, 3.8) is 0 Å². The van der Waals surface area contributed by atoms with Crippen molar-refractivity contribution in [2.45, 2.75) is 39.0 Å². The Labute approximate surface area is 104 Å². The zero-order valence-electron chi connectivity index (χ0n) is 11.5. The van der Waals surface area contributed by atoms with Gasteiger partial charge in [-0.05, 0) is 38.5 Å². The predicted molar refractivity (Wildman–Crippen MR) is 73.4 cm³/mol. The Morgan fingerprint density at radius 1 is 1.24 bits per heavy atom. The Kier molecular flexibility index (Phi) is 4.54. The van der Waals surface area contributed by atoms with E-state index in [1.165, 1.54) is 11.3 Å². The van der Waals surface area contributed by atoms with Gasteiger partial charge in [-0.3, -0.25) is 0 Å². The van der Waals surface area contributed by atoms with Gasteiger partial charge >= 0.3 is 0 Å².